The molecule has 1 atom stereocenters. The van der Waals surface area contributed by atoms with Gasteiger partial charge in [-0.3, -0.25) is 9.59 Å². The Morgan fingerprint density at radius 2 is 1.81 bits per heavy atom. The minimum Gasteiger partial charge on any atom is -0.493 e. The van der Waals surface area contributed by atoms with Crippen molar-refractivity contribution >= 4 is 17.5 Å². The molecule has 1 fully saturated rings. The Hall–Kier alpha value is -2.82. The Morgan fingerprint density at radius 1 is 1.15 bits per heavy atom. The lowest BCUT2D eigenvalue weighted by atomic mass is 10.0. The van der Waals surface area contributed by atoms with Gasteiger partial charge in [0.05, 0.1) is 12.5 Å². The summed E-state index contributed by atoms with van der Waals surface area (Å²) in [6, 6.07) is 15.6. The normalized spacial score (nSPS) is 16.7. The zero-order valence-electron chi connectivity index (χ0n) is 16.1. The van der Waals surface area contributed by atoms with Crippen LogP contribution in [0.4, 0.5) is 5.69 Å². The molecule has 1 aliphatic rings. The first-order valence-electron chi connectivity index (χ1n) is 9.42. The minimum atomic E-state index is -0.324. The Labute approximate surface area is 160 Å². The van der Waals surface area contributed by atoms with E-state index < -0.39 is 0 Å². The number of likely N-dealkylation sites (tertiary alicyclic amines) is 1. The van der Waals surface area contributed by atoms with Gasteiger partial charge in [0.15, 0.2) is 0 Å². The van der Waals surface area contributed by atoms with Gasteiger partial charge in [-0.1, -0.05) is 36.4 Å². The number of anilines is 1. The fourth-order valence-electron chi connectivity index (χ4n) is 3.44. The average Bonchev–Trinajstić information content (AvgIpc) is 3.05. The first-order valence-corrected chi connectivity index (χ1v) is 9.42. The van der Waals surface area contributed by atoms with Gasteiger partial charge in [-0.25, -0.2) is 0 Å². The molecule has 1 aliphatic heterocycles. The summed E-state index contributed by atoms with van der Waals surface area (Å²) >= 11 is 0. The topological polar surface area (TPSA) is 58.6 Å². The third kappa shape index (κ3) is 4.13. The number of amides is 2. The number of para-hydroxylation sites is 2. The average molecular weight is 366 g/mol. The molecule has 1 N–H and O–H groups in total. The standard InChI is InChI=1S/C22H26N2O3/c1-4-27-20-12-8-6-10-18(20)17-9-5-7-11-19(17)23-22(26)16-13-21(25)24(14-16)15(2)3/h5-12,15-16H,4,13-14H2,1-3H3,(H,23,26)/t16-/m0/s1. The van der Waals surface area contributed by atoms with Crippen LogP contribution in [0, 0.1) is 5.92 Å². The molecule has 2 aromatic carbocycles. The molecule has 1 saturated heterocycles. The Morgan fingerprint density at radius 3 is 2.48 bits per heavy atom. The van der Waals surface area contributed by atoms with Crippen LogP contribution in [-0.4, -0.2) is 35.9 Å². The van der Waals surface area contributed by atoms with E-state index in [9.17, 15) is 9.59 Å². The molecule has 5 heteroatoms. The molecule has 142 valence electrons. The van der Waals surface area contributed by atoms with Crippen molar-refractivity contribution in [3.05, 3.63) is 48.5 Å². The zero-order valence-corrected chi connectivity index (χ0v) is 16.1. The van der Waals surface area contributed by atoms with Gasteiger partial charge in [-0.05, 0) is 32.9 Å². The molecule has 0 unspecified atom stereocenters. The van der Waals surface area contributed by atoms with E-state index in [4.69, 9.17) is 4.74 Å². The van der Waals surface area contributed by atoms with Crippen LogP contribution in [0.25, 0.3) is 11.1 Å². The number of carbonyl (C=O) groups excluding carboxylic acids is 2. The lowest BCUT2D eigenvalue weighted by molar-refractivity contribution is -0.129. The molecule has 0 spiro atoms. The Balaban J connectivity index is 1.83. The summed E-state index contributed by atoms with van der Waals surface area (Å²) in [6.45, 7) is 6.93. The van der Waals surface area contributed by atoms with Crippen molar-refractivity contribution < 1.29 is 14.3 Å². The van der Waals surface area contributed by atoms with E-state index in [1.807, 2.05) is 69.3 Å². The van der Waals surface area contributed by atoms with E-state index in [0.29, 0.717) is 13.2 Å². The summed E-state index contributed by atoms with van der Waals surface area (Å²) in [4.78, 5) is 26.7. The van der Waals surface area contributed by atoms with Gasteiger partial charge >= 0.3 is 0 Å². The number of carbonyl (C=O) groups is 2. The molecule has 5 nitrogen and oxygen atoms in total. The van der Waals surface area contributed by atoms with Crippen molar-refractivity contribution in [3.8, 4) is 16.9 Å². The smallest absolute Gasteiger partial charge is 0.229 e. The molecule has 1 heterocycles. The van der Waals surface area contributed by atoms with Crippen LogP contribution >= 0.6 is 0 Å². The number of hydrogen-bond acceptors (Lipinski definition) is 3. The molecule has 0 aromatic heterocycles. The van der Waals surface area contributed by atoms with E-state index in [1.54, 1.807) is 4.90 Å². The molecule has 0 saturated carbocycles. The van der Waals surface area contributed by atoms with E-state index in [0.717, 1.165) is 22.6 Å². The van der Waals surface area contributed by atoms with E-state index >= 15 is 0 Å². The summed E-state index contributed by atoms with van der Waals surface area (Å²) in [5.41, 5.74) is 2.56. The highest BCUT2D eigenvalue weighted by Gasteiger charge is 2.35. The summed E-state index contributed by atoms with van der Waals surface area (Å²) in [7, 11) is 0. The van der Waals surface area contributed by atoms with E-state index in [1.165, 1.54) is 0 Å². The Kier molecular flexibility index (Phi) is 5.79. The molecule has 2 amide bonds. The quantitative estimate of drug-likeness (QED) is 0.842. The summed E-state index contributed by atoms with van der Waals surface area (Å²) in [5, 5.41) is 3.03. The maximum Gasteiger partial charge on any atom is 0.229 e. The Bertz CT molecular complexity index is 832. The van der Waals surface area contributed by atoms with Crippen molar-refractivity contribution in [1.82, 2.24) is 4.90 Å². The number of nitrogens with one attached hydrogen (secondary N) is 1. The van der Waals surface area contributed by atoms with E-state index in [-0.39, 0.29) is 30.2 Å². The third-order valence-corrected chi connectivity index (χ3v) is 4.81. The van der Waals surface area contributed by atoms with Crippen molar-refractivity contribution in [2.75, 3.05) is 18.5 Å². The summed E-state index contributed by atoms with van der Waals surface area (Å²) in [5.74, 6) is 0.381. The maximum atomic E-state index is 12.8. The minimum absolute atomic E-state index is 0.0418. The van der Waals surface area contributed by atoms with Gasteiger partial charge in [-0.2, -0.15) is 0 Å². The van der Waals surface area contributed by atoms with Crippen LogP contribution in [0.15, 0.2) is 48.5 Å². The molecule has 0 bridgehead atoms. The van der Waals surface area contributed by atoms with Crippen LogP contribution in [0.2, 0.25) is 0 Å². The number of benzene rings is 2. The van der Waals surface area contributed by atoms with Crippen LogP contribution in [-0.2, 0) is 9.59 Å². The van der Waals surface area contributed by atoms with E-state index in [2.05, 4.69) is 5.32 Å². The van der Waals surface area contributed by atoms with Crippen LogP contribution in [0.1, 0.15) is 27.2 Å². The third-order valence-electron chi connectivity index (χ3n) is 4.81. The van der Waals surface area contributed by atoms with Crippen molar-refractivity contribution in [2.45, 2.75) is 33.2 Å². The molecular weight excluding hydrogens is 340 g/mol. The molecular formula is C22H26N2O3. The van der Waals surface area contributed by atoms with Crippen molar-refractivity contribution in [1.29, 1.82) is 0 Å². The van der Waals surface area contributed by atoms with Crippen molar-refractivity contribution in [2.24, 2.45) is 5.92 Å². The zero-order chi connectivity index (χ0) is 19.4. The molecule has 0 aliphatic carbocycles. The van der Waals surface area contributed by atoms with Crippen LogP contribution in [0.5, 0.6) is 5.75 Å². The summed E-state index contributed by atoms with van der Waals surface area (Å²) in [6.07, 6.45) is 0.266. The molecule has 27 heavy (non-hydrogen) atoms. The number of hydrogen-bond donors (Lipinski definition) is 1. The lowest BCUT2D eigenvalue weighted by Crippen LogP contribution is -2.33. The first-order chi connectivity index (χ1) is 13.0. The number of ether oxygens (including phenoxy) is 1. The van der Waals surface area contributed by atoms with Gasteiger partial charge < -0.3 is 15.0 Å². The molecule has 2 aromatic rings. The highest BCUT2D eigenvalue weighted by atomic mass is 16.5. The lowest BCUT2D eigenvalue weighted by Gasteiger charge is -2.21. The SMILES string of the molecule is CCOc1ccccc1-c1ccccc1NC(=O)[C@H]1CC(=O)N(C(C)C)C1. The number of rotatable bonds is 6. The fraction of sp³-hybridized carbons (Fsp3) is 0.364. The highest BCUT2D eigenvalue weighted by Crippen LogP contribution is 2.35. The largest absolute Gasteiger partial charge is 0.493 e. The summed E-state index contributed by atoms with van der Waals surface area (Å²) < 4.78 is 5.74. The predicted octanol–water partition coefficient (Wildman–Crippen LogP) is 3.95. The van der Waals surface area contributed by atoms with Crippen LogP contribution in [0.3, 0.4) is 0 Å². The monoisotopic (exact) mass is 366 g/mol. The predicted molar refractivity (Wildman–Crippen MR) is 107 cm³/mol. The second kappa shape index (κ2) is 8.25. The first kappa shape index (κ1) is 19.0. The second-order valence-corrected chi connectivity index (χ2v) is 7.00. The molecule has 0 radical (unpaired) electrons. The molecule has 3 rings (SSSR count). The highest BCUT2D eigenvalue weighted by molar-refractivity contribution is 6.00. The van der Waals surface area contributed by atoms with Crippen LogP contribution < -0.4 is 10.1 Å². The van der Waals surface area contributed by atoms with Gasteiger partial charge in [-0.15, -0.1) is 0 Å². The number of nitrogens with zero attached hydrogens (tertiary/aromatic N) is 1. The van der Waals surface area contributed by atoms with Crippen molar-refractivity contribution in [3.63, 3.8) is 0 Å². The second-order valence-electron chi connectivity index (χ2n) is 7.00. The van der Waals surface area contributed by atoms with Gasteiger partial charge in [0, 0.05) is 35.8 Å². The van der Waals surface area contributed by atoms with Gasteiger partial charge in [0.25, 0.3) is 0 Å². The fourth-order valence-corrected chi connectivity index (χ4v) is 3.44. The van der Waals surface area contributed by atoms with Gasteiger partial charge in [0.1, 0.15) is 5.75 Å². The maximum absolute atomic E-state index is 12.8. The van der Waals surface area contributed by atoms with Gasteiger partial charge in [0.2, 0.25) is 11.8 Å².